The number of aryl methyl sites for hydroxylation is 2. The minimum absolute atomic E-state index is 0. The van der Waals surface area contributed by atoms with Crippen LogP contribution in [0.3, 0.4) is 0 Å². The largest absolute Gasteiger partial charge is 2.00 e. The molecule has 13 heteroatoms. The standard InChI is InChI=1S/2C18H22O5S.Ca/c2*1-2-3-4-5-7-14-10-17(13-18(11-14)24(20,21)22)23-16-9-6-8-15(19)12-16;/h2*6,8-13,19H,2-5,7H2,1H3,(H,20,21,22);/q;;+2/p-2. The fraction of sp³-hybridized carbons (Fsp3) is 0.333. The normalized spacial score (nSPS) is 11.2. The van der Waals surface area contributed by atoms with E-state index in [9.17, 15) is 36.2 Å². The molecule has 0 unspecified atom stereocenters. The Bertz CT molecular complexity index is 1710. The summed E-state index contributed by atoms with van der Waals surface area (Å²) in [6.45, 7) is 4.24. The van der Waals surface area contributed by atoms with E-state index in [1.165, 1.54) is 48.5 Å². The van der Waals surface area contributed by atoms with Gasteiger partial charge in [-0.05, 0) is 91.4 Å². The first-order chi connectivity index (χ1) is 22.8. The van der Waals surface area contributed by atoms with Crippen LogP contribution >= 0.6 is 0 Å². The Morgan fingerprint density at radius 3 is 1.57 bits per heavy atom. The molecule has 0 aliphatic rings. The molecule has 49 heavy (non-hydrogen) atoms. The molecule has 0 bridgehead atoms. The van der Waals surface area contributed by atoms with Crippen molar-refractivity contribution in [3.05, 3.63) is 96.1 Å². The maximum atomic E-state index is 11.5. The Morgan fingerprint density at radius 2 is 1.10 bits per heavy atom. The van der Waals surface area contributed by atoms with Crippen LogP contribution in [0.25, 0.3) is 0 Å². The second-order valence-corrected chi connectivity index (χ2v) is 14.2. The number of hydrogen-bond acceptors (Lipinski definition) is 9. The summed E-state index contributed by atoms with van der Waals surface area (Å²) < 4.78 is 77.6. The van der Waals surface area contributed by atoms with E-state index in [4.69, 9.17) is 9.47 Å². The molecule has 4 aromatic carbocycles. The van der Waals surface area contributed by atoms with Crippen molar-refractivity contribution < 1.29 is 45.6 Å². The summed E-state index contributed by atoms with van der Waals surface area (Å²) in [6, 6.07) is 20.9. The third-order valence-corrected chi connectivity index (χ3v) is 8.84. The van der Waals surface area contributed by atoms with Crippen molar-refractivity contribution in [3.8, 4) is 34.5 Å². The molecule has 0 amide bonds. The molecule has 0 radical (unpaired) electrons. The molecule has 260 valence electrons. The van der Waals surface area contributed by atoms with Gasteiger partial charge in [0.1, 0.15) is 38.9 Å². The Hall–Kier alpha value is -2.84. The monoisotopic (exact) mass is 738 g/mol. The molecule has 0 aromatic heterocycles. The summed E-state index contributed by atoms with van der Waals surface area (Å²) in [4.78, 5) is -0.505. The number of unbranched alkanes of at least 4 members (excludes halogenated alkanes) is 6. The van der Waals surface area contributed by atoms with Crippen LogP contribution < -0.4 is 14.6 Å². The molecule has 0 atom stereocenters. The first kappa shape index (κ1) is 42.3. The van der Waals surface area contributed by atoms with Gasteiger partial charge in [-0.15, -0.1) is 5.75 Å². The fourth-order valence-electron chi connectivity index (χ4n) is 4.83. The molecule has 10 nitrogen and oxygen atoms in total. The second kappa shape index (κ2) is 20.7. The topological polar surface area (TPSA) is 173 Å². The summed E-state index contributed by atoms with van der Waals surface area (Å²) in [7, 11) is -8.89. The molecule has 0 heterocycles. The van der Waals surface area contributed by atoms with E-state index in [-0.39, 0.29) is 64.8 Å². The molecular formula is C36H42CaO10S2. The van der Waals surface area contributed by atoms with Crippen LogP contribution in [0.2, 0.25) is 0 Å². The van der Waals surface area contributed by atoms with Crippen LogP contribution in [0, 0.1) is 0 Å². The fourth-order valence-corrected chi connectivity index (χ4v) is 5.95. The molecule has 0 saturated carbocycles. The van der Waals surface area contributed by atoms with Gasteiger partial charge in [-0.2, -0.15) is 8.42 Å². The van der Waals surface area contributed by atoms with Crippen molar-refractivity contribution in [2.75, 3.05) is 0 Å². The number of benzene rings is 4. The van der Waals surface area contributed by atoms with Crippen LogP contribution in [0.4, 0.5) is 0 Å². The van der Waals surface area contributed by atoms with Gasteiger partial charge in [0.2, 0.25) is 0 Å². The van der Waals surface area contributed by atoms with Gasteiger partial charge in [0.25, 0.3) is 10.1 Å². The van der Waals surface area contributed by atoms with Crippen LogP contribution in [0.15, 0.2) is 94.7 Å². The minimum atomic E-state index is -4.58. The quantitative estimate of drug-likeness (QED) is 0.0657. The van der Waals surface area contributed by atoms with E-state index in [2.05, 4.69) is 13.8 Å². The summed E-state index contributed by atoms with van der Waals surface area (Å²) in [5.41, 5.74) is 1.52. The first-order valence-corrected chi connectivity index (χ1v) is 18.7. The van der Waals surface area contributed by atoms with E-state index in [0.717, 1.165) is 62.5 Å². The van der Waals surface area contributed by atoms with E-state index in [1.807, 2.05) is 0 Å². The third kappa shape index (κ3) is 15.7. The zero-order valence-corrected chi connectivity index (χ0v) is 31.7. The van der Waals surface area contributed by atoms with Crippen molar-refractivity contribution in [2.24, 2.45) is 0 Å². The van der Waals surface area contributed by atoms with Gasteiger partial charge in [-0.1, -0.05) is 70.6 Å². The second-order valence-electron chi connectivity index (χ2n) is 11.4. The molecule has 0 fully saturated rings. The smallest absolute Gasteiger partial charge is 0.872 e. The first-order valence-electron chi connectivity index (χ1n) is 15.9. The van der Waals surface area contributed by atoms with Gasteiger partial charge in [-0.3, -0.25) is 4.55 Å². The molecule has 4 aromatic rings. The van der Waals surface area contributed by atoms with Gasteiger partial charge in [0, 0.05) is 12.1 Å². The predicted octanol–water partition coefficient (Wildman–Crippen LogP) is 7.75. The molecule has 0 aliphatic carbocycles. The molecule has 0 aliphatic heterocycles. The zero-order valence-electron chi connectivity index (χ0n) is 27.8. The number of ether oxygens (including phenoxy) is 2. The van der Waals surface area contributed by atoms with Gasteiger partial charge >= 0.3 is 37.7 Å². The Morgan fingerprint density at radius 1 is 0.612 bits per heavy atom. The molecule has 0 spiro atoms. The van der Waals surface area contributed by atoms with Crippen LogP contribution in [-0.4, -0.2) is 68.8 Å². The molecule has 4 rings (SSSR count). The number of rotatable bonds is 16. The van der Waals surface area contributed by atoms with Crippen molar-refractivity contribution in [2.45, 2.75) is 87.8 Å². The van der Waals surface area contributed by atoms with Gasteiger partial charge in [-0.25, -0.2) is 8.42 Å². The van der Waals surface area contributed by atoms with Crippen molar-refractivity contribution in [1.82, 2.24) is 0 Å². The zero-order chi connectivity index (χ0) is 35.2. The maximum Gasteiger partial charge on any atom is 2.00 e. The average Bonchev–Trinajstić information content (AvgIpc) is 3.01. The average molecular weight is 739 g/mol. The third-order valence-electron chi connectivity index (χ3n) is 7.20. The molecular weight excluding hydrogens is 697 g/mol. The molecule has 2 N–H and O–H groups in total. The SMILES string of the molecule is CCCCCCc1cc(Oc2cccc(O)c2)cc(S(=O)(=O)O)c1.CCCCCCc1cc(Oc2cccc([O-])c2)cc(S(=O)(=O)[O-])c1.[Ca+2]. The van der Waals surface area contributed by atoms with Crippen LogP contribution in [0.5, 0.6) is 34.5 Å². The van der Waals surface area contributed by atoms with Crippen molar-refractivity contribution in [1.29, 1.82) is 0 Å². The van der Waals surface area contributed by atoms with Gasteiger partial charge in [0.05, 0.1) is 9.79 Å². The Balaban J connectivity index is 0.000000333. The van der Waals surface area contributed by atoms with E-state index in [0.29, 0.717) is 30.1 Å². The molecule has 0 saturated heterocycles. The predicted molar refractivity (Wildman–Crippen MR) is 186 cm³/mol. The number of hydrogen-bond donors (Lipinski definition) is 2. The number of phenols is 1. The van der Waals surface area contributed by atoms with E-state index >= 15 is 0 Å². The van der Waals surface area contributed by atoms with E-state index < -0.39 is 20.2 Å². The summed E-state index contributed by atoms with van der Waals surface area (Å²) >= 11 is 0. The van der Waals surface area contributed by atoms with Crippen molar-refractivity contribution in [3.63, 3.8) is 0 Å². The van der Waals surface area contributed by atoms with Gasteiger partial charge < -0.3 is 24.2 Å². The summed E-state index contributed by atoms with van der Waals surface area (Å²) in [5.74, 6) is 1.08. The van der Waals surface area contributed by atoms with Crippen LogP contribution in [-0.2, 0) is 33.1 Å². The minimum Gasteiger partial charge on any atom is -0.872 e. The van der Waals surface area contributed by atoms with Crippen LogP contribution in [0.1, 0.15) is 76.3 Å². The Labute approximate surface area is 319 Å². The maximum absolute atomic E-state index is 11.5. The number of phenolic OH excluding ortho intramolecular Hbond substituents is 1. The summed E-state index contributed by atoms with van der Waals surface area (Å²) in [6.07, 6.45) is 9.80. The van der Waals surface area contributed by atoms with Crippen molar-refractivity contribution >= 4 is 58.0 Å². The van der Waals surface area contributed by atoms with E-state index in [1.54, 1.807) is 36.4 Å². The Kier molecular flexibility index (Phi) is 17.9. The van der Waals surface area contributed by atoms with Gasteiger partial charge in [0.15, 0.2) is 0 Å². The summed E-state index contributed by atoms with van der Waals surface area (Å²) in [5, 5.41) is 20.8. The number of aromatic hydroxyl groups is 1.